The van der Waals surface area contributed by atoms with E-state index in [1.54, 1.807) is 0 Å². The summed E-state index contributed by atoms with van der Waals surface area (Å²) in [5.74, 6) is 1.16. The number of phosphoric ester groups is 2. The highest BCUT2D eigenvalue weighted by Crippen LogP contribution is 2.45. The number of phosphoric acid groups is 2. The molecule has 0 aromatic carbocycles. The van der Waals surface area contributed by atoms with Crippen molar-refractivity contribution in [3.63, 3.8) is 0 Å². The van der Waals surface area contributed by atoms with Gasteiger partial charge in [0.25, 0.3) is 0 Å². The second-order valence-electron chi connectivity index (χ2n) is 32.1. The number of unbranched alkanes of at least 4 members (excludes halogenated alkanes) is 46. The van der Waals surface area contributed by atoms with E-state index in [1.807, 2.05) is 0 Å². The number of esters is 4. The molecule has 105 heavy (non-hydrogen) atoms. The van der Waals surface area contributed by atoms with E-state index < -0.39 is 97.5 Å². The summed E-state index contributed by atoms with van der Waals surface area (Å²) in [4.78, 5) is 73.3. The molecule has 0 fully saturated rings. The lowest BCUT2D eigenvalue weighted by Gasteiger charge is -2.21. The second kappa shape index (κ2) is 74.8. The highest BCUT2D eigenvalue weighted by molar-refractivity contribution is 7.47. The third-order valence-electron chi connectivity index (χ3n) is 21.2. The van der Waals surface area contributed by atoms with Crippen LogP contribution in [0.25, 0.3) is 0 Å². The predicted molar refractivity (Wildman–Crippen MR) is 432 cm³/mol. The molecule has 0 bridgehead atoms. The number of aliphatic hydroxyl groups excluding tert-OH is 1. The van der Waals surface area contributed by atoms with Crippen LogP contribution in [-0.2, 0) is 65.4 Å². The quantitative estimate of drug-likeness (QED) is 0.0222. The van der Waals surface area contributed by atoms with Crippen LogP contribution < -0.4 is 0 Å². The van der Waals surface area contributed by atoms with Crippen LogP contribution in [0.2, 0.25) is 0 Å². The first-order valence-electron chi connectivity index (χ1n) is 44.3. The van der Waals surface area contributed by atoms with E-state index in [-0.39, 0.29) is 25.7 Å². The Bertz CT molecular complexity index is 2050. The SMILES string of the molecule is CCC(C)CCCCCCCCCCCCCCCCC(=O)OC[C@H](COP(=O)(O)OC[C@@H](O)COP(=O)(O)OC[C@@H](COC(=O)CCCCCCCCCCC(C)C)OC(=O)CCCCCCCCCCCCCCCCC(C)CC)OC(=O)CCCCCCCCCCCCCCCCC(C)CC. The molecule has 0 saturated heterocycles. The Hall–Kier alpha value is -1.94. The van der Waals surface area contributed by atoms with Gasteiger partial charge in [-0.05, 0) is 49.4 Å². The molecule has 3 N–H and O–H groups in total. The Morgan fingerprint density at radius 3 is 0.676 bits per heavy atom. The number of aliphatic hydroxyl groups is 1. The first-order valence-corrected chi connectivity index (χ1v) is 47.3. The fourth-order valence-electron chi connectivity index (χ4n) is 13.2. The number of carbonyl (C=O) groups excluding carboxylic acids is 4. The van der Waals surface area contributed by atoms with Crippen molar-refractivity contribution in [1.29, 1.82) is 0 Å². The lowest BCUT2D eigenvalue weighted by Crippen LogP contribution is -2.30. The van der Waals surface area contributed by atoms with Gasteiger partial charge in [-0.2, -0.15) is 0 Å². The van der Waals surface area contributed by atoms with Gasteiger partial charge in [-0.3, -0.25) is 37.3 Å². The maximum atomic E-state index is 13.1. The van der Waals surface area contributed by atoms with E-state index in [2.05, 4.69) is 55.4 Å². The molecule has 0 aromatic heterocycles. The minimum Gasteiger partial charge on any atom is -0.462 e. The molecule has 0 aromatic rings. The van der Waals surface area contributed by atoms with Gasteiger partial charge in [-0.1, -0.05) is 396 Å². The minimum absolute atomic E-state index is 0.107. The molecule has 0 aliphatic heterocycles. The Kier molecular flexibility index (Phi) is 73.4. The molecule has 0 aliphatic rings. The summed E-state index contributed by atoms with van der Waals surface area (Å²) in [6.45, 7) is 14.4. The van der Waals surface area contributed by atoms with Gasteiger partial charge in [0.1, 0.15) is 19.3 Å². The van der Waals surface area contributed by atoms with Gasteiger partial charge < -0.3 is 33.8 Å². The van der Waals surface area contributed by atoms with Crippen molar-refractivity contribution in [1.82, 2.24) is 0 Å². The van der Waals surface area contributed by atoms with Gasteiger partial charge in [0.2, 0.25) is 0 Å². The van der Waals surface area contributed by atoms with Crippen molar-refractivity contribution < 1.29 is 80.2 Å². The van der Waals surface area contributed by atoms with Crippen LogP contribution in [0.5, 0.6) is 0 Å². The summed E-state index contributed by atoms with van der Waals surface area (Å²) in [5.41, 5.74) is 0. The molecule has 0 aliphatic carbocycles. The summed E-state index contributed by atoms with van der Waals surface area (Å²) in [6.07, 6.45) is 63.6. The van der Waals surface area contributed by atoms with Gasteiger partial charge in [0.15, 0.2) is 12.2 Å². The zero-order chi connectivity index (χ0) is 77.4. The Morgan fingerprint density at radius 2 is 0.457 bits per heavy atom. The van der Waals surface area contributed by atoms with E-state index >= 15 is 0 Å². The molecule has 624 valence electrons. The van der Waals surface area contributed by atoms with E-state index in [9.17, 15) is 43.2 Å². The monoisotopic (exact) mass is 1540 g/mol. The zero-order valence-electron chi connectivity index (χ0n) is 69.4. The number of hydrogen-bond donors (Lipinski definition) is 3. The standard InChI is InChI=1S/C86H168O17P2/c1-9-77(6)63-55-47-39-30-24-18-12-15-21-27-33-42-50-58-66-83(88)96-72-81(102-85(90)68-60-52-44-34-28-22-16-13-19-25-31-40-48-56-64-78(7)10-2)74-100-104(92,93)98-70-80(87)71-99-105(94,95)101-75-82(73-97-84(89)67-59-51-43-37-36-38-46-54-62-76(4)5)103-86(91)69-61-53-45-35-29-23-17-14-20-26-32-41-49-57-65-79(8)11-3/h76-82,87H,9-75H2,1-8H3,(H,92,93)(H,94,95)/t77?,78?,79?,80-,81-,82-/m1/s1. The molecule has 0 saturated carbocycles. The summed E-state index contributed by atoms with van der Waals surface area (Å²) < 4.78 is 68.9. The summed E-state index contributed by atoms with van der Waals surface area (Å²) >= 11 is 0. The normalized spacial score (nSPS) is 14.7. The topological polar surface area (TPSA) is 237 Å². The van der Waals surface area contributed by atoms with Crippen LogP contribution in [-0.4, -0.2) is 96.7 Å². The van der Waals surface area contributed by atoms with Crippen molar-refractivity contribution in [3.8, 4) is 0 Å². The maximum Gasteiger partial charge on any atom is 0.472 e. The Balaban J connectivity index is 5.26. The fourth-order valence-corrected chi connectivity index (χ4v) is 14.8. The molecular formula is C86H168O17P2. The van der Waals surface area contributed by atoms with Crippen molar-refractivity contribution >= 4 is 39.5 Å². The van der Waals surface area contributed by atoms with Crippen LogP contribution in [0, 0.1) is 23.7 Å². The first-order chi connectivity index (χ1) is 50.7. The maximum absolute atomic E-state index is 13.1. The molecular weight excluding hydrogens is 1370 g/mol. The summed E-state index contributed by atoms with van der Waals surface area (Å²) in [6, 6.07) is 0. The van der Waals surface area contributed by atoms with E-state index in [0.29, 0.717) is 25.7 Å². The lowest BCUT2D eigenvalue weighted by atomic mass is 9.99. The largest absolute Gasteiger partial charge is 0.472 e. The van der Waals surface area contributed by atoms with E-state index in [1.165, 1.54) is 250 Å². The zero-order valence-corrected chi connectivity index (χ0v) is 71.2. The third-order valence-corrected chi connectivity index (χ3v) is 23.1. The van der Waals surface area contributed by atoms with Gasteiger partial charge in [-0.25, -0.2) is 9.13 Å². The van der Waals surface area contributed by atoms with Gasteiger partial charge in [-0.15, -0.1) is 0 Å². The molecule has 0 heterocycles. The summed E-state index contributed by atoms with van der Waals surface area (Å²) in [7, 11) is -9.93. The molecule has 0 rings (SSSR count). The van der Waals surface area contributed by atoms with E-state index in [4.69, 9.17) is 37.0 Å². The van der Waals surface area contributed by atoms with Gasteiger partial charge >= 0.3 is 39.5 Å². The van der Waals surface area contributed by atoms with Crippen LogP contribution in [0.1, 0.15) is 447 Å². The van der Waals surface area contributed by atoms with Crippen molar-refractivity contribution in [3.05, 3.63) is 0 Å². The van der Waals surface area contributed by atoms with Crippen LogP contribution in [0.3, 0.4) is 0 Å². The number of carbonyl (C=O) groups is 4. The van der Waals surface area contributed by atoms with Crippen LogP contribution >= 0.6 is 15.6 Å². The molecule has 17 nitrogen and oxygen atoms in total. The van der Waals surface area contributed by atoms with Crippen molar-refractivity contribution in [2.75, 3.05) is 39.6 Å². The van der Waals surface area contributed by atoms with Crippen molar-refractivity contribution in [2.45, 2.75) is 465 Å². The number of rotatable bonds is 83. The van der Waals surface area contributed by atoms with Crippen LogP contribution in [0.4, 0.5) is 0 Å². The molecule has 0 radical (unpaired) electrons. The van der Waals surface area contributed by atoms with E-state index in [0.717, 1.165) is 114 Å². The Labute approximate surface area is 645 Å². The highest BCUT2D eigenvalue weighted by Gasteiger charge is 2.31. The fraction of sp³-hybridized carbons (Fsp3) is 0.953. The minimum atomic E-state index is -4.97. The lowest BCUT2D eigenvalue weighted by molar-refractivity contribution is -0.161. The average Bonchev–Trinajstić information content (AvgIpc) is 0.911. The highest BCUT2D eigenvalue weighted by atomic mass is 31.2. The van der Waals surface area contributed by atoms with Gasteiger partial charge in [0.05, 0.1) is 26.4 Å². The smallest absolute Gasteiger partial charge is 0.462 e. The predicted octanol–water partition coefficient (Wildman–Crippen LogP) is 25.9. The molecule has 19 heteroatoms. The average molecular weight is 1540 g/mol. The molecule has 0 amide bonds. The van der Waals surface area contributed by atoms with Gasteiger partial charge in [0, 0.05) is 25.7 Å². The first kappa shape index (κ1) is 103. The molecule has 8 atom stereocenters. The number of hydrogen-bond acceptors (Lipinski definition) is 15. The molecule has 0 spiro atoms. The Morgan fingerprint density at radius 1 is 0.267 bits per heavy atom. The molecule has 5 unspecified atom stereocenters. The van der Waals surface area contributed by atoms with Crippen LogP contribution in [0.15, 0.2) is 0 Å². The third kappa shape index (κ3) is 75.9. The number of ether oxygens (including phenoxy) is 4. The van der Waals surface area contributed by atoms with Crippen molar-refractivity contribution in [2.24, 2.45) is 23.7 Å². The second-order valence-corrected chi connectivity index (χ2v) is 35.0. The summed E-state index contributed by atoms with van der Waals surface area (Å²) in [5, 5.41) is 10.7.